The highest BCUT2D eigenvalue weighted by atomic mass is 79.9. The molecule has 0 aliphatic rings. The summed E-state index contributed by atoms with van der Waals surface area (Å²) in [5, 5.41) is 0. The average Bonchev–Trinajstić information content (AvgIpc) is 2.30. The third-order valence-electron chi connectivity index (χ3n) is 2.74. The van der Waals surface area contributed by atoms with Gasteiger partial charge in [0.05, 0.1) is 0 Å². The Morgan fingerprint density at radius 2 is 1.74 bits per heavy atom. The van der Waals surface area contributed by atoms with Crippen LogP contribution in [0.4, 0.5) is 8.78 Å². The maximum Gasteiger partial charge on any atom is 0.124 e. The van der Waals surface area contributed by atoms with E-state index in [1.807, 2.05) is 0 Å². The molecule has 0 saturated carbocycles. The van der Waals surface area contributed by atoms with Crippen molar-refractivity contribution >= 4 is 31.9 Å². The lowest BCUT2D eigenvalue weighted by atomic mass is 9.99. The zero-order valence-corrected chi connectivity index (χ0v) is 13.0. The molecular formula is C14H11Br2F2N. The van der Waals surface area contributed by atoms with Gasteiger partial charge in [-0.2, -0.15) is 0 Å². The Hall–Kier alpha value is -0.780. The predicted molar refractivity (Wildman–Crippen MR) is 78.8 cm³/mol. The van der Waals surface area contributed by atoms with Crippen LogP contribution in [0.1, 0.15) is 17.2 Å². The van der Waals surface area contributed by atoms with E-state index in [4.69, 9.17) is 5.73 Å². The number of hydrogen-bond donors (Lipinski definition) is 1. The standard InChI is InChI=1S/C14H11Br2F2N/c15-9-3-8(4-11(18)6-9)5-14(19)12-7-10(17)1-2-13(12)16/h1-4,6-7,14H,5,19H2. The van der Waals surface area contributed by atoms with Crippen LogP contribution in [0.25, 0.3) is 0 Å². The maximum atomic E-state index is 13.3. The lowest BCUT2D eigenvalue weighted by Crippen LogP contribution is -2.14. The molecule has 2 rings (SSSR count). The molecule has 0 bridgehead atoms. The van der Waals surface area contributed by atoms with Gasteiger partial charge in [-0.05, 0) is 53.9 Å². The van der Waals surface area contributed by atoms with Crippen LogP contribution in [-0.2, 0) is 6.42 Å². The third kappa shape index (κ3) is 3.84. The molecule has 5 heteroatoms. The van der Waals surface area contributed by atoms with E-state index in [9.17, 15) is 8.78 Å². The van der Waals surface area contributed by atoms with Crippen LogP contribution in [0.5, 0.6) is 0 Å². The Bertz CT molecular complexity index is 582. The minimum atomic E-state index is -0.404. The van der Waals surface area contributed by atoms with Gasteiger partial charge in [0.15, 0.2) is 0 Å². The minimum absolute atomic E-state index is 0.324. The molecule has 0 aliphatic carbocycles. The molecule has 0 heterocycles. The van der Waals surface area contributed by atoms with E-state index in [1.165, 1.54) is 24.3 Å². The van der Waals surface area contributed by atoms with Gasteiger partial charge in [-0.3, -0.25) is 0 Å². The predicted octanol–water partition coefficient (Wildman–Crippen LogP) is 4.73. The van der Waals surface area contributed by atoms with Crippen molar-refractivity contribution in [1.29, 1.82) is 0 Å². The summed E-state index contributed by atoms with van der Waals surface area (Å²) < 4.78 is 27.9. The maximum absolute atomic E-state index is 13.3. The first kappa shape index (κ1) is 14.6. The summed E-state index contributed by atoms with van der Waals surface area (Å²) in [5.41, 5.74) is 7.49. The van der Waals surface area contributed by atoms with Gasteiger partial charge in [0.1, 0.15) is 11.6 Å². The Balaban J connectivity index is 2.25. The molecule has 0 saturated heterocycles. The zero-order chi connectivity index (χ0) is 14.0. The zero-order valence-electron chi connectivity index (χ0n) is 9.84. The Morgan fingerprint density at radius 1 is 1.00 bits per heavy atom. The minimum Gasteiger partial charge on any atom is -0.324 e. The van der Waals surface area contributed by atoms with E-state index < -0.39 is 6.04 Å². The first-order chi connectivity index (χ1) is 8.95. The topological polar surface area (TPSA) is 26.0 Å². The van der Waals surface area contributed by atoms with Gasteiger partial charge in [0, 0.05) is 15.0 Å². The molecule has 100 valence electrons. The van der Waals surface area contributed by atoms with Crippen molar-refractivity contribution in [3.8, 4) is 0 Å². The first-order valence-corrected chi connectivity index (χ1v) is 7.20. The normalized spacial score (nSPS) is 12.5. The van der Waals surface area contributed by atoms with Crippen LogP contribution in [0.3, 0.4) is 0 Å². The molecule has 0 radical (unpaired) electrons. The van der Waals surface area contributed by atoms with Crippen molar-refractivity contribution in [2.75, 3.05) is 0 Å². The van der Waals surface area contributed by atoms with Crippen molar-refractivity contribution in [2.45, 2.75) is 12.5 Å². The number of rotatable bonds is 3. The van der Waals surface area contributed by atoms with Gasteiger partial charge < -0.3 is 5.73 Å². The van der Waals surface area contributed by atoms with Gasteiger partial charge >= 0.3 is 0 Å². The van der Waals surface area contributed by atoms with E-state index in [2.05, 4.69) is 31.9 Å². The van der Waals surface area contributed by atoms with Gasteiger partial charge in [-0.1, -0.05) is 31.9 Å². The van der Waals surface area contributed by atoms with Crippen molar-refractivity contribution in [1.82, 2.24) is 0 Å². The van der Waals surface area contributed by atoms with Crippen LogP contribution >= 0.6 is 31.9 Å². The van der Waals surface area contributed by atoms with Crippen molar-refractivity contribution in [3.05, 3.63) is 68.1 Å². The average molecular weight is 391 g/mol. The summed E-state index contributed by atoms with van der Waals surface area (Å²) in [6, 6.07) is 8.58. The summed E-state index contributed by atoms with van der Waals surface area (Å²) in [6.07, 6.45) is 0.429. The number of benzene rings is 2. The molecule has 19 heavy (non-hydrogen) atoms. The van der Waals surface area contributed by atoms with Crippen LogP contribution in [0.15, 0.2) is 45.3 Å². The number of hydrogen-bond acceptors (Lipinski definition) is 1. The van der Waals surface area contributed by atoms with Crippen LogP contribution in [0, 0.1) is 11.6 Å². The molecule has 2 N–H and O–H groups in total. The van der Waals surface area contributed by atoms with Gasteiger partial charge in [0.2, 0.25) is 0 Å². The molecule has 1 unspecified atom stereocenters. The van der Waals surface area contributed by atoms with E-state index in [0.29, 0.717) is 16.5 Å². The molecule has 0 fully saturated rings. The van der Waals surface area contributed by atoms with Crippen LogP contribution in [-0.4, -0.2) is 0 Å². The second-order valence-corrected chi connectivity index (χ2v) is 6.02. The smallest absolute Gasteiger partial charge is 0.124 e. The molecule has 1 atom stereocenters. The lowest BCUT2D eigenvalue weighted by molar-refractivity contribution is 0.612. The highest BCUT2D eigenvalue weighted by molar-refractivity contribution is 9.10. The Kier molecular flexibility index (Phi) is 4.71. The van der Waals surface area contributed by atoms with Gasteiger partial charge in [-0.15, -0.1) is 0 Å². The molecule has 0 aromatic heterocycles. The fraction of sp³-hybridized carbons (Fsp3) is 0.143. The fourth-order valence-electron chi connectivity index (χ4n) is 1.89. The van der Waals surface area contributed by atoms with Crippen molar-refractivity contribution in [3.63, 3.8) is 0 Å². The lowest BCUT2D eigenvalue weighted by Gasteiger charge is -2.14. The molecule has 2 aromatic rings. The SMILES string of the molecule is NC(Cc1cc(F)cc(Br)c1)c1cc(F)ccc1Br. The number of halogens is 4. The van der Waals surface area contributed by atoms with E-state index in [0.717, 1.165) is 10.0 Å². The number of nitrogens with two attached hydrogens (primary N) is 1. The fourth-order valence-corrected chi connectivity index (χ4v) is 2.94. The highest BCUT2D eigenvalue weighted by Gasteiger charge is 2.12. The van der Waals surface area contributed by atoms with Gasteiger partial charge in [0.25, 0.3) is 0 Å². The summed E-state index contributed by atoms with van der Waals surface area (Å²) in [6.45, 7) is 0. The van der Waals surface area contributed by atoms with Crippen LogP contribution in [0.2, 0.25) is 0 Å². The first-order valence-electron chi connectivity index (χ1n) is 5.61. The summed E-state index contributed by atoms with van der Waals surface area (Å²) in [4.78, 5) is 0. The largest absolute Gasteiger partial charge is 0.324 e. The Labute approximate surface area is 127 Å². The summed E-state index contributed by atoms with van der Waals surface area (Å²) in [7, 11) is 0. The second-order valence-electron chi connectivity index (χ2n) is 4.25. The van der Waals surface area contributed by atoms with Gasteiger partial charge in [-0.25, -0.2) is 8.78 Å². The molecular weight excluding hydrogens is 380 g/mol. The molecule has 0 spiro atoms. The van der Waals surface area contributed by atoms with E-state index in [1.54, 1.807) is 12.1 Å². The molecule has 0 aliphatic heterocycles. The van der Waals surface area contributed by atoms with Crippen LogP contribution < -0.4 is 5.73 Å². The van der Waals surface area contributed by atoms with E-state index >= 15 is 0 Å². The second kappa shape index (κ2) is 6.11. The van der Waals surface area contributed by atoms with Crippen molar-refractivity contribution < 1.29 is 8.78 Å². The molecule has 2 aromatic carbocycles. The third-order valence-corrected chi connectivity index (χ3v) is 3.92. The molecule has 0 amide bonds. The highest BCUT2D eigenvalue weighted by Crippen LogP contribution is 2.26. The Morgan fingerprint density at radius 3 is 2.42 bits per heavy atom. The van der Waals surface area contributed by atoms with E-state index in [-0.39, 0.29) is 11.6 Å². The molecule has 1 nitrogen and oxygen atoms in total. The van der Waals surface area contributed by atoms with Crippen molar-refractivity contribution in [2.24, 2.45) is 5.73 Å². The quantitative estimate of drug-likeness (QED) is 0.805. The monoisotopic (exact) mass is 389 g/mol. The summed E-state index contributed by atoms with van der Waals surface area (Å²) in [5.74, 6) is -0.663. The summed E-state index contributed by atoms with van der Waals surface area (Å²) >= 11 is 6.58.